The van der Waals surface area contributed by atoms with E-state index in [0.717, 1.165) is 27.8 Å². The van der Waals surface area contributed by atoms with Crippen molar-refractivity contribution in [2.75, 3.05) is 25.5 Å². The molecule has 150 valence electrons. The standard InChI is InChI=1S/C21H18BrN7O/c22-13-3-1-2-12(8-13)14-9-15(29-21-17(14)20(23)27-11-28-21)18-19(26-5-4-25-18)16-10-30-7-6-24-16/h1-5,8-9,11,16,24H,6-7,10H2,(H2,23,27,28,29). The van der Waals surface area contributed by atoms with Gasteiger partial charge in [0.1, 0.15) is 17.8 Å². The second kappa shape index (κ2) is 8.02. The summed E-state index contributed by atoms with van der Waals surface area (Å²) in [5, 5.41) is 4.15. The number of nitrogen functional groups attached to an aromatic ring is 1. The molecule has 1 unspecified atom stereocenters. The van der Waals surface area contributed by atoms with Gasteiger partial charge in [-0.05, 0) is 29.3 Å². The topological polar surface area (TPSA) is 112 Å². The fourth-order valence-electron chi connectivity index (χ4n) is 3.64. The van der Waals surface area contributed by atoms with E-state index >= 15 is 0 Å². The number of pyridine rings is 1. The lowest BCUT2D eigenvalue weighted by molar-refractivity contribution is 0.0757. The van der Waals surface area contributed by atoms with Gasteiger partial charge in [0.15, 0.2) is 5.65 Å². The highest BCUT2D eigenvalue weighted by molar-refractivity contribution is 9.10. The molecule has 4 aromatic rings. The Morgan fingerprint density at radius 1 is 1.10 bits per heavy atom. The van der Waals surface area contributed by atoms with Gasteiger partial charge in [-0.15, -0.1) is 0 Å². The predicted molar refractivity (Wildman–Crippen MR) is 117 cm³/mol. The van der Waals surface area contributed by atoms with Crippen molar-refractivity contribution in [3.63, 3.8) is 0 Å². The van der Waals surface area contributed by atoms with Gasteiger partial charge in [0, 0.05) is 23.4 Å². The average Bonchev–Trinajstić information content (AvgIpc) is 2.79. The summed E-state index contributed by atoms with van der Waals surface area (Å²) < 4.78 is 6.59. The largest absolute Gasteiger partial charge is 0.383 e. The summed E-state index contributed by atoms with van der Waals surface area (Å²) in [6, 6.07) is 9.92. The second-order valence-electron chi connectivity index (χ2n) is 6.89. The zero-order chi connectivity index (χ0) is 20.5. The van der Waals surface area contributed by atoms with E-state index in [2.05, 4.69) is 41.2 Å². The van der Waals surface area contributed by atoms with Crippen LogP contribution in [-0.4, -0.2) is 44.7 Å². The van der Waals surface area contributed by atoms with Crippen molar-refractivity contribution < 1.29 is 4.74 Å². The van der Waals surface area contributed by atoms with Crippen molar-refractivity contribution >= 4 is 32.8 Å². The molecule has 1 aliphatic heterocycles. The third-order valence-corrected chi connectivity index (χ3v) is 5.48. The van der Waals surface area contributed by atoms with E-state index in [1.54, 1.807) is 12.4 Å². The third-order valence-electron chi connectivity index (χ3n) is 4.99. The number of fused-ring (bicyclic) bond motifs is 1. The first-order chi connectivity index (χ1) is 14.7. The van der Waals surface area contributed by atoms with E-state index < -0.39 is 0 Å². The van der Waals surface area contributed by atoms with Gasteiger partial charge in [0.2, 0.25) is 0 Å². The van der Waals surface area contributed by atoms with Crippen LogP contribution < -0.4 is 11.1 Å². The van der Waals surface area contributed by atoms with Crippen LogP contribution in [0.15, 0.2) is 53.5 Å². The lowest BCUT2D eigenvalue weighted by Gasteiger charge is -2.24. The van der Waals surface area contributed by atoms with Crippen LogP contribution in [0.1, 0.15) is 11.7 Å². The molecule has 8 nitrogen and oxygen atoms in total. The quantitative estimate of drug-likeness (QED) is 0.476. The maximum Gasteiger partial charge on any atom is 0.165 e. The molecule has 0 aliphatic carbocycles. The minimum Gasteiger partial charge on any atom is -0.383 e. The number of morpholine rings is 1. The number of nitrogens with two attached hydrogens (primary N) is 1. The highest BCUT2D eigenvalue weighted by Crippen LogP contribution is 2.35. The number of rotatable bonds is 3. The third kappa shape index (κ3) is 3.51. The van der Waals surface area contributed by atoms with E-state index in [1.807, 2.05) is 30.3 Å². The van der Waals surface area contributed by atoms with Gasteiger partial charge in [-0.3, -0.25) is 9.97 Å². The Kier molecular flexibility index (Phi) is 5.07. The number of nitrogens with zero attached hydrogens (tertiary/aromatic N) is 5. The van der Waals surface area contributed by atoms with Crippen LogP contribution in [0.2, 0.25) is 0 Å². The van der Waals surface area contributed by atoms with Crippen molar-refractivity contribution in [2.45, 2.75) is 6.04 Å². The maximum absolute atomic E-state index is 6.21. The highest BCUT2D eigenvalue weighted by atomic mass is 79.9. The molecule has 0 amide bonds. The number of nitrogens with one attached hydrogen (secondary N) is 1. The van der Waals surface area contributed by atoms with E-state index in [1.165, 1.54) is 6.33 Å². The van der Waals surface area contributed by atoms with E-state index in [9.17, 15) is 0 Å². The summed E-state index contributed by atoms with van der Waals surface area (Å²) >= 11 is 3.55. The zero-order valence-corrected chi connectivity index (χ0v) is 17.5. The van der Waals surface area contributed by atoms with Crippen molar-refractivity contribution in [1.29, 1.82) is 0 Å². The monoisotopic (exact) mass is 463 g/mol. The second-order valence-corrected chi connectivity index (χ2v) is 7.81. The molecule has 3 aromatic heterocycles. The normalized spacial score (nSPS) is 16.6. The number of halogens is 1. The van der Waals surface area contributed by atoms with Crippen LogP contribution >= 0.6 is 15.9 Å². The first kappa shape index (κ1) is 19.0. The fourth-order valence-corrected chi connectivity index (χ4v) is 4.03. The highest BCUT2D eigenvalue weighted by Gasteiger charge is 2.23. The molecule has 4 heterocycles. The Hall–Kier alpha value is -3.01. The van der Waals surface area contributed by atoms with Crippen LogP contribution in [0.25, 0.3) is 33.5 Å². The zero-order valence-electron chi connectivity index (χ0n) is 15.9. The van der Waals surface area contributed by atoms with E-state index in [-0.39, 0.29) is 6.04 Å². The smallest absolute Gasteiger partial charge is 0.165 e. The molecule has 30 heavy (non-hydrogen) atoms. The fraction of sp³-hybridized carbons (Fsp3) is 0.190. The molecule has 5 rings (SSSR count). The van der Waals surface area contributed by atoms with E-state index in [4.69, 9.17) is 15.5 Å². The lowest BCUT2D eigenvalue weighted by Crippen LogP contribution is -2.35. The van der Waals surface area contributed by atoms with E-state index in [0.29, 0.717) is 41.5 Å². The molecule has 0 saturated carbocycles. The molecule has 1 saturated heterocycles. The SMILES string of the molecule is Nc1ncnc2nc(-c3nccnc3C3COCCN3)cc(-c3cccc(Br)c3)c12. The summed E-state index contributed by atoms with van der Waals surface area (Å²) in [7, 11) is 0. The maximum atomic E-state index is 6.21. The van der Waals surface area contributed by atoms with Gasteiger partial charge in [0.05, 0.1) is 36.0 Å². The number of ether oxygens (including phenoxy) is 1. The Labute approximate surface area is 181 Å². The lowest BCUT2D eigenvalue weighted by atomic mass is 10.00. The predicted octanol–water partition coefficient (Wildman–Crippen LogP) is 3.15. The molecule has 1 fully saturated rings. The molecule has 0 spiro atoms. The molecule has 1 aliphatic rings. The van der Waals surface area contributed by atoms with Gasteiger partial charge in [-0.2, -0.15) is 0 Å². The summed E-state index contributed by atoms with van der Waals surface area (Å²) in [6.45, 7) is 1.98. The van der Waals surface area contributed by atoms with Gasteiger partial charge in [-0.25, -0.2) is 15.0 Å². The summed E-state index contributed by atoms with van der Waals surface area (Å²) in [5.74, 6) is 0.385. The van der Waals surface area contributed by atoms with Crippen LogP contribution in [0.4, 0.5) is 5.82 Å². The van der Waals surface area contributed by atoms with Crippen molar-refractivity contribution in [3.05, 3.63) is 59.2 Å². The van der Waals surface area contributed by atoms with Crippen molar-refractivity contribution in [1.82, 2.24) is 30.2 Å². The van der Waals surface area contributed by atoms with Crippen molar-refractivity contribution in [3.8, 4) is 22.5 Å². The van der Waals surface area contributed by atoms with Crippen LogP contribution in [-0.2, 0) is 4.74 Å². The van der Waals surface area contributed by atoms with Gasteiger partial charge < -0.3 is 15.8 Å². The minimum atomic E-state index is -0.0512. The number of benzene rings is 1. The number of aromatic nitrogens is 5. The molecular formula is C21H18BrN7O. The molecule has 9 heteroatoms. The Balaban J connectivity index is 1.74. The van der Waals surface area contributed by atoms with Gasteiger partial charge in [-0.1, -0.05) is 28.1 Å². The molecule has 0 bridgehead atoms. The summed E-state index contributed by atoms with van der Waals surface area (Å²) in [5.41, 5.74) is 10.7. The minimum absolute atomic E-state index is 0.0512. The summed E-state index contributed by atoms with van der Waals surface area (Å²) in [6.07, 6.45) is 4.78. The van der Waals surface area contributed by atoms with Crippen LogP contribution in [0, 0.1) is 0 Å². The first-order valence-corrected chi connectivity index (χ1v) is 10.3. The Morgan fingerprint density at radius 3 is 2.83 bits per heavy atom. The summed E-state index contributed by atoms with van der Waals surface area (Å²) in [4.78, 5) is 22.5. The molecule has 1 aromatic carbocycles. The molecule has 1 atom stereocenters. The van der Waals surface area contributed by atoms with Gasteiger partial charge >= 0.3 is 0 Å². The van der Waals surface area contributed by atoms with Crippen molar-refractivity contribution in [2.24, 2.45) is 0 Å². The Bertz CT molecular complexity index is 1230. The number of hydrogen-bond acceptors (Lipinski definition) is 8. The van der Waals surface area contributed by atoms with Crippen LogP contribution in [0.5, 0.6) is 0 Å². The first-order valence-electron chi connectivity index (χ1n) is 9.50. The molecular weight excluding hydrogens is 446 g/mol. The molecule has 3 N–H and O–H groups in total. The molecule has 0 radical (unpaired) electrons. The number of hydrogen-bond donors (Lipinski definition) is 2. The van der Waals surface area contributed by atoms with Gasteiger partial charge in [0.25, 0.3) is 0 Å². The van der Waals surface area contributed by atoms with Crippen LogP contribution in [0.3, 0.4) is 0 Å². The number of anilines is 1. The average molecular weight is 464 g/mol. The Morgan fingerprint density at radius 2 is 2.00 bits per heavy atom.